The molecule has 33 heavy (non-hydrogen) atoms. The molecule has 8 nitrogen and oxygen atoms in total. The van der Waals surface area contributed by atoms with Gasteiger partial charge in [-0.2, -0.15) is 0 Å². The van der Waals surface area contributed by atoms with Crippen LogP contribution in [0.25, 0.3) is 10.2 Å². The Morgan fingerprint density at radius 3 is 2.70 bits per heavy atom. The van der Waals surface area contributed by atoms with Gasteiger partial charge in [-0.3, -0.25) is 14.6 Å². The Bertz CT molecular complexity index is 1120. The number of nitrogens with one attached hydrogen (secondary N) is 1. The molecule has 0 spiro atoms. The average molecular weight is 470 g/mol. The number of ether oxygens (including phenoxy) is 2. The zero-order valence-electron chi connectivity index (χ0n) is 18.5. The van der Waals surface area contributed by atoms with Crippen LogP contribution in [0, 0.1) is 0 Å². The number of amides is 1. The van der Waals surface area contributed by atoms with Crippen molar-refractivity contribution in [2.75, 3.05) is 6.61 Å². The summed E-state index contributed by atoms with van der Waals surface area (Å²) in [6, 6.07) is 7.14. The minimum atomic E-state index is -1.04. The second-order valence-electron chi connectivity index (χ2n) is 7.96. The van der Waals surface area contributed by atoms with E-state index in [1.807, 2.05) is 11.4 Å². The predicted octanol–water partition coefficient (Wildman–Crippen LogP) is 4.01. The Balaban J connectivity index is 1.47. The highest BCUT2D eigenvalue weighted by molar-refractivity contribution is 7.17. The summed E-state index contributed by atoms with van der Waals surface area (Å²) in [5, 5.41) is 4.94. The number of esters is 2. The second-order valence-corrected chi connectivity index (χ2v) is 8.91. The number of carbonyl (C=O) groups excluding carboxylic acids is 3. The molecule has 9 heteroatoms. The minimum Gasteiger partial charge on any atom is -0.461 e. The van der Waals surface area contributed by atoms with Gasteiger partial charge < -0.3 is 19.4 Å². The van der Waals surface area contributed by atoms with Gasteiger partial charge >= 0.3 is 11.9 Å². The SMILES string of the molecule is CCOC(=O)c1cc2sccc2n1CCC(=O)O[C@H](C(=O)NC1CCCC1)c1ccncc1. The fourth-order valence-electron chi connectivity index (χ4n) is 4.14. The highest BCUT2D eigenvalue weighted by Gasteiger charge is 2.28. The van der Waals surface area contributed by atoms with Crippen LogP contribution in [0.2, 0.25) is 0 Å². The van der Waals surface area contributed by atoms with Crippen molar-refractivity contribution in [3.63, 3.8) is 0 Å². The number of rotatable bonds is 9. The minimum absolute atomic E-state index is 0.00429. The Hall–Kier alpha value is -3.20. The van der Waals surface area contributed by atoms with Crippen molar-refractivity contribution < 1.29 is 23.9 Å². The van der Waals surface area contributed by atoms with E-state index in [1.165, 1.54) is 11.3 Å². The van der Waals surface area contributed by atoms with Crippen LogP contribution >= 0.6 is 11.3 Å². The lowest BCUT2D eigenvalue weighted by molar-refractivity contribution is -0.157. The molecule has 0 bridgehead atoms. The standard InChI is InChI=1S/C24H27N3O5S/c1-2-31-24(30)19-15-20-18(10-14-33-20)27(19)13-9-21(28)32-22(16-7-11-25-12-8-16)23(29)26-17-5-3-4-6-17/h7-8,10-12,14-15,17,22H,2-6,9,13H2,1H3,(H,26,29)/t22-/m0/s1. The van der Waals surface area contributed by atoms with Crippen LogP contribution in [0.15, 0.2) is 42.0 Å². The summed E-state index contributed by atoms with van der Waals surface area (Å²) < 4.78 is 13.5. The van der Waals surface area contributed by atoms with Gasteiger partial charge in [0.05, 0.1) is 23.2 Å². The van der Waals surface area contributed by atoms with Gasteiger partial charge in [-0.15, -0.1) is 11.3 Å². The fraction of sp³-hybridized carbons (Fsp3) is 0.417. The summed E-state index contributed by atoms with van der Waals surface area (Å²) >= 11 is 1.52. The van der Waals surface area contributed by atoms with Gasteiger partial charge in [0.2, 0.25) is 6.10 Å². The lowest BCUT2D eigenvalue weighted by Gasteiger charge is -2.20. The van der Waals surface area contributed by atoms with E-state index in [-0.39, 0.29) is 31.5 Å². The number of carbonyl (C=O) groups is 3. The van der Waals surface area contributed by atoms with Gasteiger partial charge in [-0.25, -0.2) is 4.79 Å². The number of aryl methyl sites for hydroxylation is 1. The van der Waals surface area contributed by atoms with Crippen LogP contribution in [0.5, 0.6) is 0 Å². The molecule has 1 fully saturated rings. The quantitative estimate of drug-likeness (QED) is 0.476. The molecule has 0 aliphatic heterocycles. The van der Waals surface area contributed by atoms with Gasteiger partial charge in [-0.05, 0) is 49.4 Å². The number of pyridine rings is 1. The zero-order valence-corrected chi connectivity index (χ0v) is 19.3. The van der Waals surface area contributed by atoms with Crippen LogP contribution in [0.3, 0.4) is 0 Å². The van der Waals surface area contributed by atoms with Crippen LogP contribution in [0.1, 0.15) is 61.2 Å². The summed E-state index contributed by atoms with van der Waals surface area (Å²) in [6.45, 7) is 2.25. The summed E-state index contributed by atoms with van der Waals surface area (Å²) in [6.07, 6.45) is 6.13. The summed E-state index contributed by atoms with van der Waals surface area (Å²) in [5.41, 5.74) is 1.83. The molecule has 3 aromatic rings. The smallest absolute Gasteiger partial charge is 0.355 e. The maximum Gasteiger partial charge on any atom is 0.355 e. The first-order valence-electron chi connectivity index (χ1n) is 11.2. The van der Waals surface area contributed by atoms with Crippen molar-refractivity contribution in [2.45, 2.75) is 57.7 Å². The van der Waals surface area contributed by atoms with E-state index in [4.69, 9.17) is 9.47 Å². The molecule has 1 aliphatic rings. The van der Waals surface area contributed by atoms with Crippen LogP contribution < -0.4 is 5.32 Å². The van der Waals surface area contributed by atoms with Gasteiger partial charge in [-0.1, -0.05) is 12.8 Å². The second kappa shape index (κ2) is 10.6. The molecule has 1 amide bonds. The molecule has 0 saturated heterocycles. The molecule has 0 unspecified atom stereocenters. The molecule has 174 valence electrons. The molecule has 1 N–H and O–H groups in total. The largest absolute Gasteiger partial charge is 0.461 e. The molecule has 3 aromatic heterocycles. The predicted molar refractivity (Wildman–Crippen MR) is 124 cm³/mol. The summed E-state index contributed by atoms with van der Waals surface area (Å²) in [5.74, 6) is -1.28. The number of nitrogens with zero attached hydrogens (tertiary/aromatic N) is 2. The molecular weight excluding hydrogens is 442 g/mol. The van der Waals surface area contributed by atoms with Crippen molar-refractivity contribution in [3.05, 3.63) is 53.3 Å². The molecule has 1 atom stereocenters. The van der Waals surface area contributed by atoms with E-state index in [2.05, 4.69) is 10.3 Å². The highest BCUT2D eigenvalue weighted by atomic mass is 32.1. The van der Waals surface area contributed by atoms with Gasteiger partial charge in [0, 0.05) is 30.5 Å². The first-order valence-corrected chi connectivity index (χ1v) is 12.1. The Morgan fingerprint density at radius 1 is 1.21 bits per heavy atom. The lowest BCUT2D eigenvalue weighted by atomic mass is 10.1. The molecule has 1 saturated carbocycles. The number of aromatic nitrogens is 2. The number of thiophene rings is 1. The lowest BCUT2D eigenvalue weighted by Crippen LogP contribution is -2.38. The molecule has 1 aliphatic carbocycles. The Morgan fingerprint density at radius 2 is 1.97 bits per heavy atom. The first-order chi connectivity index (χ1) is 16.1. The van der Waals surface area contributed by atoms with Crippen molar-refractivity contribution in [1.29, 1.82) is 0 Å². The average Bonchev–Trinajstić information content (AvgIpc) is 3.55. The van der Waals surface area contributed by atoms with Gasteiger partial charge in [0.15, 0.2) is 0 Å². The monoisotopic (exact) mass is 469 g/mol. The molecule has 3 heterocycles. The third-order valence-electron chi connectivity index (χ3n) is 5.74. The van der Waals surface area contributed by atoms with E-state index in [0.717, 1.165) is 35.9 Å². The van der Waals surface area contributed by atoms with Crippen LogP contribution in [0.4, 0.5) is 0 Å². The van der Waals surface area contributed by atoms with Gasteiger partial charge in [0.1, 0.15) is 5.69 Å². The maximum atomic E-state index is 12.9. The van der Waals surface area contributed by atoms with E-state index in [9.17, 15) is 14.4 Å². The number of hydrogen-bond donors (Lipinski definition) is 1. The highest BCUT2D eigenvalue weighted by Crippen LogP contribution is 2.27. The third-order valence-corrected chi connectivity index (χ3v) is 6.60. The molecular formula is C24H27N3O5S. The van der Waals surface area contributed by atoms with Crippen molar-refractivity contribution >= 4 is 39.4 Å². The molecule has 0 radical (unpaired) electrons. The van der Waals surface area contributed by atoms with Crippen LogP contribution in [-0.4, -0.2) is 40.0 Å². The van der Waals surface area contributed by atoms with E-state index in [0.29, 0.717) is 11.3 Å². The third kappa shape index (κ3) is 5.42. The molecule has 4 rings (SSSR count). The summed E-state index contributed by atoms with van der Waals surface area (Å²) in [7, 11) is 0. The van der Waals surface area contributed by atoms with Crippen molar-refractivity contribution in [2.24, 2.45) is 0 Å². The maximum absolute atomic E-state index is 12.9. The van der Waals surface area contributed by atoms with Crippen LogP contribution in [-0.2, 0) is 25.6 Å². The van der Waals surface area contributed by atoms with E-state index < -0.39 is 18.0 Å². The number of hydrogen-bond acceptors (Lipinski definition) is 7. The topological polar surface area (TPSA) is 99.5 Å². The summed E-state index contributed by atoms with van der Waals surface area (Å²) in [4.78, 5) is 42.1. The normalized spacial score (nSPS) is 14.8. The first kappa shape index (κ1) is 23.0. The van der Waals surface area contributed by atoms with Crippen molar-refractivity contribution in [3.8, 4) is 0 Å². The molecule has 0 aromatic carbocycles. The van der Waals surface area contributed by atoms with Gasteiger partial charge in [0.25, 0.3) is 5.91 Å². The number of fused-ring (bicyclic) bond motifs is 1. The van der Waals surface area contributed by atoms with E-state index >= 15 is 0 Å². The Labute approximate surface area is 195 Å². The zero-order chi connectivity index (χ0) is 23.2. The fourth-order valence-corrected chi connectivity index (χ4v) is 4.97. The van der Waals surface area contributed by atoms with E-state index in [1.54, 1.807) is 42.1 Å². The van der Waals surface area contributed by atoms with Crippen molar-refractivity contribution in [1.82, 2.24) is 14.9 Å². The Kier molecular flexibility index (Phi) is 7.39.